The van der Waals surface area contributed by atoms with Crippen molar-refractivity contribution in [1.29, 1.82) is 0 Å². The third-order valence-corrected chi connectivity index (χ3v) is 4.19. The van der Waals surface area contributed by atoms with Gasteiger partial charge in [-0.25, -0.2) is 4.98 Å². The minimum absolute atomic E-state index is 0.00487. The Morgan fingerprint density at radius 1 is 1.63 bits per heavy atom. The second kappa shape index (κ2) is 5.81. The number of anilines is 1. The highest BCUT2D eigenvalue weighted by atomic mass is 79.9. The highest BCUT2D eigenvalue weighted by molar-refractivity contribution is 9.10. The average molecular weight is 331 g/mol. The van der Waals surface area contributed by atoms with E-state index in [0.29, 0.717) is 15.9 Å². The molecular formula is C11H15BrN4O3. The van der Waals surface area contributed by atoms with Crippen LogP contribution in [0.25, 0.3) is 0 Å². The Hall–Kier alpha value is -1.25. The molecule has 0 amide bonds. The first-order valence-corrected chi connectivity index (χ1v) is 6.63. The number of nitro groups is 1. The van der Waals surface area contributed by atoms with Crippen molar-refractivity contribution >= 4 is 27.4 Å². The molecule has 1 saturated heterocycles. The summed E-state index contributed by atoms with van der Waals surface area (Å²) in [5.41, 5.74) is 0.563. The van der Waals surface area contributed by atoms with Crippen molar-refractivity contribution in [2.45, 2.75) is 19.1 Å². The van der Waals surface area contributed by atoms with E-state index in [-0.39, 0.29) is 17.8 Å². The number of hydrogen-bond donors (Lipinski definition) is 2. The smallest absolute Gasteiger partial charge is 0.291 e. The molecule has 2 atom stereocenters. The quantitative estimate of drug-likeness (QED) is 0.641. The fourth-order valence-corrected chi connectivity index (χ4v) is 2.50. The summed E-state index contributed by atoms with van der Waals surface area (Å²) in [4.78, 5) is 14.5. The molecule has 1 aromatic heterocycles. The van der Waals surface area contributed by atoms with E-state index in [4.69, 9.17) is 4.74 Å². The SMILES string of the molecule is CO[C@H]1CNCC1Nc1ncc([N+](=O)[O-])c(C)c1Br. The maximum atomic E-state index is 10.8. The summed E-state index contributed by atoms with van der Waals surface area (Å²) >= 11 is 3.36. The Balaban J connectivity index is 2.22. The van der Waals surface area contributed by atoms with Crippen LogP contribution in [0.4, 0.5) is 11.5 Å². The molecule has 7 nitrogen and oxygen atoms in total. The van der Waals surface area contributed by atoms with Crippen LogP contribution >= 0.6 is 15.9 Å². The van der Waals surface area contributed by atoms with Crippen molar-refractivity contribution in [3.05, 3.63) is 26.3 Å². The van der Waals surface area contributed by atoms with Crippen LogP contribution in [-0.4, -0.2) is 42.3 Å². The van der Waals surface area contributed by atoms with E-state index < -0.39 is 4.92 Å². The zero-order valence-corrected chi connectivity index (χ0v) is 12.2. The molecule has 104 valence electrons. The number of hydrogen-bond acceptors (Lipinski definition) is 6. The van der Waals surface area contributed by atoms with E-state index in [1.807, 2.05) is 0 Å². The van der Waals surface area contributed by atoms with E-state index in [1.54, 1.807) is 14.0 Å². The minimum Gasteiger partial charge on any atom is -0.378 e. The maximum absolute atomic E-state index is 10.8. The molecule has 1 aliphatic heterocycles. The van der Waals surface area contributed by atoms with E-state index in [9.17, 15) is 10.1 Å². The van der Waals surface area contributed by atoms with E-state index in [1.165, 1.54) is 6.20 Å². The van der Waals surface area contributed by atoms with Gasteiger partial charge in [-0.2, -0.15) is 0 Å². The fraction of sp³-hybridized carbons (Fsp3) is 0.545. The molecule has 0 spiro atoms. The van der Waals surface area contributed by atoms with Crippen LogP contribution in [0.3, 0.4) is 0 Å². The molecule has 8 heteroatoms. The van der Waals surface area contributed by atoms with Gasteiger partial charge >= 0.3 is 0 Å². The molecule has 19 heavy (non-hydrogen) atoms. The standard InChI is InChI=1S/C11H15BrN4O3/c1-6-8(16(17)18)4-14-11(10(6)12)15-7-3-13-5-9(7)19-2/h4,7,9,13H,3,5H2,1-2H3,(H,14,15)/t7?,9-/m0/s1. The lowest BCUT2D eigenvalue weighted by atomic mass is 10.2. The topological polar surface area (TPSA) is 89.3 Å². The van der Waals surface area contributed by atoms with Crippen LogP contribution in [0, 0.1) is 17.0 Å². The number of halogens is 1. The van der Waals surface area contributed by atoms with Crippen LogP contribution in [0.15, 0.2) is 10.7 Å². The van der Waals surface area contributed by atoms with Crippen LogP contribution in [0.5, 0.6) is 0 Å². The van der Waals surface area contributed by atoms with Crippen molar-refractivity contribution in [3.63, 3.8) is 0 Å². The average Bonchev–Trinajstić information content (AvgIpc) is 2.82. The third kappa shape index (κ3) is 2.85. The van der Waals surface area contributed by atoms with Gasteiger partial charge in [0.1, 0.15) is 12.0 Å². The summed E-state index contributed by atoms with van der Waals surface area (Å²) in [5.74, 6) is 0.596. The molecule has 0 aliphatic carbocycles. The number of aromatic nitrogens is 1. The lowest BCUT2D eigenvalue weighted by molar-refractivity contribution is -0.385. The van der Waals surface area contributed by atoms with Gasteiger partial charge in [-0.15, -0.1) is 0 Å². The van der Waals surface area contributed by atoms with Gasteiger partial charge in [0, 0.05) is 25.8 Å². The van der Waals surface area contributed by atoms with Crippen molar-refractivity contribution < 1.29 is 9.66 Å². The zero-order chi connectivity index (χ0) is 14.0. The van der Waals surface area contributed by atoms with Gasteiger partial charge in [-0.1, -0.05) is 0 Å². The van der Waals surface area contributed by atoms with Crippen LogP contribution < -0.4 is 10.6 Å². The number of pyridine rings is 1. The van der Waals surface area contributed by atoms with Crippen LogP contribution in [0.2, 0.25) is 0 Å². The van der Waals surface area contributed by atoms with Gasteiger partial charge < -0.3 is 15.4 Å². The predicted molar refractivity (Wildman–Crippen MR) is 74.4 cm³/mol. The first-order chi connectivity index (χ1) is 9.04. The van der Waals surface area contributed by atoms with Gasteiger partial charge in [-0.3, -0.25) is 10.1 Å². The van der Waals surface area contributed by atoms with Gasteiger partial charge in [0.05, 0.1) is 21.5 Å². The Kier molecular flexibility index (Phi) is 4.33. The maximum Gasteiger partial charge on any atom is 0.291 e. The molecule has 1 aromatic rings. The van der Waals surface area contributed by atoms with Crippen molar-refractivity contribution in [2.24, 2.45) is 0 Å². The van der Waals surface area contributed by atoms with Crippen molar-refractivity contribution in [3.8, 4) is 0 Å². The van der Waals surface area contributed by atoms with Gasteiger partial charge in [0.2, 0.25) is 0 Å². The fourth-order valence-electron chi connectivity index (χ4n) is 2.08. The first kappa shape index (κ1) is 14.2. The van der Waals surface area contributed by atoms with E-state index in [0.717, 1.165) is 13.1 Å². The monoisotopic (exact) mass is 330 g/mol. The van der Waals surface area contributed by atoms with Crippen LogP contribution in [0.1, 0.15) is 5.56 Å². The first-order valence-electron chi connectivity index (χ1n) is 5.84. The Morgan fingerprint density at radius 2 is 2.37 bits per heavy atom. The Morgan fingerprint density at radius 3 is 3.00 bits per heavy atom. The Bertz CT molecular complexity index is 497. The summed E-state index contributed by atoms with van der Waals surface area (Å²) in [6, 6.07) is 0.0923. The molecule has 1 aliphatic rings. The second-order valence-corrected chi connectivity index (χ2v) is 5.16. The number of nitrogens with one attached hydrogen (secondary N) is 2. The minimum atomic E-state index is -0.439. The van der Waals surface area contributed by atoms with E-state index >= 15 is 0 Å². The molecule has 2 heterocycles. The molecule has 0 bridgehead atoms. The molecule has 2 rings (SSSR count). The molecule has 2 N–H and O–H groups in total. The lowest BCUT2D eigenvalue weighted by Crippen LogP contribution is -2.34. The van der Waals surface area contributed by atoms with Crippen LogP contribution in [-0.2, 0) is 4.74 Å². The molecular weight excluding hydrogens is 316 g/mol. The molecule has 1 fully saturated rings. The zero-order valence-electron chi connectivity index (χ0n) is 10.6. The van der Waals surface area contributed by atoms with Crippen molar-refractivity contribution in [2.75, 3.05) is 25.5 Å². The number of rotatable bonds is 4. The summed E-state index contributed by atoms with van der Waals surface area (Å²) in [5, 5.41) is 17.3. The summed E-state index contributed by atoms with van der Waals surface area (Å²) in [7, 11) is 1.66. The van der Waals surface area contributed by atoms with E-state index in [2.05, 4.69) is 31.5 Å². The molecule has 0 aromatic carbocycles. The molecule has 1 unspecified atom stereocenters. The molecule has 0 radical (unpaired) electrons. The van der Waals surface area contributed by atoms with Gasteiger partial charge in [0.15, 0.2) is 0 Å². The summed E-state index contributed by atoms with van der Waals surface area (Å²) in [6.07, 6.45) is 1.33. The summed E-state index contributed by atoms with van der Waals surface area (Å²) < 4.78 is 5.97. The highest BCUT2D eigenvalue weighted by Crippen LogP contribution is 2.31. The normalized spacial score (nSPS) is 22.5. The van der Waals surface area contributed by atoms with Gasteiger partial charge in [0.25, 0.3) is 5.69 Å². The largest absolute Gasteiger partial charge is 0.378 e. The third-order valence-electron chi connectivity index (χ3n) is 3.22. The van der Waals surface area contributed by atoms with Crippen molar-refractivity contribution in [1.82, 2.24) is 10.3 Å². The summed E-state index contributed by atoms with van der Waals surface area (Å²) in [6.45, 7) is 3.23. The number of methoxy groups -OCH3 is 1. The Labute approximate surface area is 119 Å². The second-order valence-electron chi connectivity index (χ2n) is 4.37. The molecule has 0 saturated carbocycles. The highest BCUT2D eigenvalue weighted by Gasteiger charge is 2.28. The van der Waals surface area contributed by atoms with Gasteiger partial charge in [-0.05, 0) is 22.9 Å². The number of nitrogens with zero attached hydrogens (tertiary/aromatic N) is 2. The lowest BCUT2D eigenvalue weighted by Gasteiger charge is -2.20. The number of ether oxygens (including phenoxy) is 1. The predicted octanol–water partition coefficient (Wildman–Crippen LogP) is 1.46.